The van der Waals surface area contributed by atoms with Crippen LogP contribution >= 0.6 is 0 Å². The fraction of sp³-hybridized carbons (Fsp3) is 0.900. The van der Waals surface area contributed by atoms with Crippen LogP contribution in [-0.4, -0.2) is 23.4 Å². The standard InChI is InChI=1S/C10H19NO/c1-8(2)11-7-5-6-10(3,4)9(11)12/h8H,5-7H2,1-4H3. The van der Waals surface area contributed by atoms with Gasteiger partial charge in [-0.3, -0.25) is 4.79 Å². The lowest BCUT2D eigenvalue weighted by Gasteiger charge is -2.39. The molecule has 0 N–H and O–H groups in total. The van der Waals surface area contributed by atoms with E-state index in [1.54, 1.807) is 0 Å². The zero-order chi connectivity index (χ0) is 9.35. The molecule has 70 valence electrons. The second-order valence-corrected chi connectivity index (χ2v) is 4.58. The van der Waals surface area contributed by atoms with Gasteiger partial charge in [-0.2, -0.15) is 0 Å². The molecule has 2 heteroatoms. The van der Waals surface area contributed by atoms with Gasteiger partial charge in [0.15, 0.2) is 0 Å². The van der Waals surface area contributed by atoms with Gasteiger partial charge >= 0.3 is 0 Å². The summed E-state index contributed by atoms with van der Waals surface area (Å²) in [5.41, 5.74) is -0.123. The van der Waals surface area contributed by atoms with Crippen LogP contribution in [0.3, 0.4) is 0 Å². The summed E-state index contributed by atoms with van der Waals surface area (Å²) in [6.45, 7) is 9.20. The summed E-state index contributed by atoms with van der Waals surface area (Å²) in [6, 6.07) is 0.358. The van der Waals surface area contributed by atoms with Gasteiger partial charge in [0.2, 0.25) is 5.91 Å². The summed E-state index contributed by atoms with van der Waals surface area (Å²) in [5, 5.41) is 0. The molecule has 12 heavy (non-hydrogen) atoms. The van der Waals surface area contributed by atoms with Crippen molar-refractivity contribution in [1.82, 2.24) is 4.90 Å². The quantitative estimate of drug-likeness (QED) is 0.588. The zero-order valence-electron chi connectivity index (χ0n) is 8.55. The van der Waals surface area contributed by atoms with Crippen molar-refractivity contribution in [3.05, 3.63) is 0 Å². The largest absolute Gasteiger partial charge is 0.340 e. The van der Waals surface area contributed by atoms with Crippen LogP contribution in [0.4, 0.5) is 0 Å². The van der Waals surface area contributed by atoms with Gasteiger partial charge in [-0.05, 0) is 26.7 Å². The Balaban J connectivity index is 2.73. The van der Waals surface area contributed by atoms with Crippen LogP contribution in [0.25, 0.3) is 0 Å². The van der Waals surface area contributed by atoms with Crippen LogP contribution in [0.15, 0.2) is 0 Å². The van der Waals surface area contributed by atoms with Crippen molar-refractivity contribution < 1.29 is 4.79 Å². The third kappa shape index (κ3) is 1.62. The smallest absolute Gasteiger partial charge is 0.228 e. The summed E-state index contributed by atoms with van der Waals surface area (Å²) in [5.74, 6) is 0.323. The molecule has 0 bridgehead atoms. The Labute approximate surface area is 74.9 Å². The fourth-order valence-electron chi connectivity index (χ4n) is 1.78. The number of hydrogen-bond donors (Lipinski definition) is 0. The van der Waals surface area contributed by atoms with Gasteiger partial charge in [-0.1, -0.05) is 13.8 Å². The summed E-state index contributed by atoms with van der Waals surface area (Å²) in [7, 11) is 0. The molecule has 0 radical (unpaired) electrons. The highest BCUT2D eigenvalue weighted by Crippen LogP contribution is 2.30. The van der Waals surface area contributed by atoms with E-state index >= 15 is 0 Å². The monoisotopic (exact) mass is 169 g/mol. The van der Waals surface area contributed by atoms with E-state index in [0.717, 1.165) is 19.4 Å². The van der Waals surface area contributed by atoms with Crippen molar-refractivity contribution in [2.45, 2.75) is 46.6 Å². The maximum absolute atomic E-state index is 11.8. The summed E-state index contributed by atoms with van der Waals surface area (Å²) in [4.78, 5) is 13.8. The van der Waals surface area contributed by atoms with Crippen molar-refractivity contribution in [2.75, 3.05) is 6.54 Å². The van der Waals surface area contributed by atoms with Crippen LogP contribution in [0, 0.1) is 5.41 Å². The third-order valence-electron chi connectivity index (χ3n) is 2.66. The van der Waals surface area contributed by atoms with E-state index in [1.165, 1.54) is 0 Å². The number of carbonyl (C=O) groups excluding carboxylic acids is 1. The summed E-state index contributed by atoms with van der Waals surface area (Å²) in [6.07, 6.45) is 2.19. The molecule has 1 amide bonds. The Morgan fingerprint density at radius 1 is 1.42 bits per heavy atom. The maximum Gasteiger partial charge on any atom is 0.228 e. The number of piperidine rings is 1. The second kappa shape index (κ2) is 3.08. The van der Waals surface area contributed by atoms with Crippen molar-refractivity contribution in [3.63, 3.8) is 0 Å². The molecule has 1 heterocycles. The van der Waals surface area contributed by atoms with Crippen molar-refractivity contribution in [3.8, 4) is 0 Å². The molecular formula is C10H19NO. The molecule has 0 aromatic carbocycles. The van der Waals surface area contributed by atoms with E-state index in [9.17, 15) is 4.79 Å². The average Bonchev–Trinajstić information content (AvgIpc) is 1.94. The van der Waals surface area contributed by atoms with Gasteiger partial charge in [-0.25, -0.2) is 0 Å². The van der Waals surface area contributed by atoms with E-state index in [-0.39, 0.29) is 5.41 Å². The Kier molecular flexibility index (Phi) is 2.45. The molecule has 2 nitrogen and oxygen atoms in total. The van der Waals surface area contributed by atoms with E-state index in [1.807, 2.05) is 18.7 Å². The zero-order valence-corrected chi connectivity index (χ0v) is 8.55. The van der Waals surface area contributed by atoms with Gasteiger partial charge in [-0.15, -0.1) is 0 Å². The number of amides is 1. The van der Waals surface area contributed by atoms with Crippen LogP contribution in [0.1, 0.15) is 40.5 Å². The SMILES string of the molecule is CC(C)N1CCCC(C)(C)C1=O. The molecule has 1 saturated heterocycles. The molecule has 0 aromatic rings. The molecule has 0 atom stereocenters. The molecule has 0 saturated carbocycles. The first-order valence-electron chi connectivity index (χ1n) is 4.76. The molecular weight excluding hydrogens is 150 g/mol. The topological polar surface area (TPSA) is 20.3 Å². The van der Waals surface area contributed by atoms with Gasteiger partial charge in [0.05, 0.1) is 0 Å². The minimum atomic E-state index is -0.123. The van der Waals surface area contributed by atoms with Crippen molar-refractivity contribution in [2.24, 2.45) is 5.41 Å². The lowest BCUT2D eigenvalue weighted by atomic mass is 9.82. The minimum absolute atomic E-state index is 0.123. The highest BCUT2D eigenvalue weighted by atomic mass is 16.2. The molecule has 0 unspecified atom stereocenters. The van der Waals surface area contributed by atoms with Gasteiger partial charge in [0, 0.05) is 18.0 Å². The van der Waals surface area contributed by atoms with E-state index in [0.29, 0.717) is 11.9 Å². The highest BCUT2D eigenvalue weighted by Gasteiger charge is 2.36. The van der Waals surface area contributed by atoms with Crippen LogP contribution in [0.5, 0.6) is 0 Å². The number of likely N-dealkylation sites (tertiary alicyclic amines) is 1. The Morgan fingerprint density at radius 3 is 2.42 bits per heavy atom. The summed E-state index contributed by atoms with van der Waals surface area (Å²) >= 11 is 0. The van der Waals surface area contributed by atoms with Gasteiger partial charge in [0.1, 0.15) is 0 Å². The first-order valence-corrected chi connectivity index (χ1v) is 4.76. The van der Waals surface area contributed by atoms with Crippen molar-refractivity contribution >= 4 is 5.91 Å². The van der Waals surface area contributed by atoms with E-state index in [4.69, 9.17) is 0 Å². The predicted octanol–water partition coefficient (Wildman–Crippen LogP) is 2.04. The fourth-order valence-corrected chi connectivity index (χ4v) is 1.78. The normalized spacial score (nSPS) is 23.4. The van der Waals surface area contributed by atoms with Crippen LogP contribution in [0.2, 0.25) is 0 Å². The predicted molar refractivity (Wildman–Crippen MR) is 49.9 cm³/mol. The summed E-state index contributed by atoms with van der Waals surface area (Å²) < 4.78 is 0. The average molecular weight is 169 g/mol. The third-order valence-corrected chi connectivity index (χ3v) is 2.66. The molecule has 1 fully saturated rings. The molecule has 0 aliphatic carbocycles. The first kappa shape index (κ1) is 9.56. The lowest BCUT2D eigenvalue weighted by Crippen LogP contribution is -2.48. The molecule has 1 rings (SSSR count). The second-order valence-electron chi connectivity index (χ2n) is 4.58. The minimum Gasteiger partial charge on any atom is -0.340 e. The highest BCUT2D eigenvalue weighted by molar-refractivity contribution is 5.82. The van der Waals surface area contributed by atoms with Crippen LogP contribution < -0.4 is 0 Å². The number of nitrogens with zero attached hydrogens (tertiary/aromatic N) is 1. The Hall–Kier alpha value is -0.530. The molecule has 1 aliphatic rings. The van der Waals surface area contributed by atoms with Gasteiger partial charge < -0.3 is 4.90 Å². The van der Waals surface area contributed by atoms with E-state index < -0.39 is 0 Å². The maximum atomic E-state index is 11.8. The number of rotatable bonds is 1. The van der Waals surface area contributed by atoms with E-state index in [2.05, 4.69) is 13.8 Å². The molecule has 0 spiro atoms. The Bertz CT molecular complexity index is 184. The lowest BCUT2D eigenvalue weighted by molar-refractivity contribution is -0.146. The molecule has 0 aromatic heterocycles. The van der Waals surface area contributed by atoms with Crippen LogP contribution in [-0.2, 0) is 4.79 Å². The first-order chi connectivity index (χ1) is 5.45. The van der Waals surface area contributed by atoms with Crippen molar-refractivity contribution in [1.29, 1.82) is 0 Å². The number of hydrogen-bond acceptors (Lipinski definition) is 1. The number of carbonyl (C=O) groups is 1. The Morgan fingerprint density at radius 2 is 2.00 bits per heavy atom. The van der Waals surface area contributed by atoms with Gasteiger partial charge in [0.25, 0.3) is 0 Å². The molecule has 1 aliphatic heterocycles.